The van der Waals surface area contributed by atoms with Crippen LogP contribution in [0.1, 0.15) is 2.85 Å². The molecular weight excluding hydrogens is 93.4 g/mol. The summed E-state index contributed by atoms with van der Waals surface area (Å²) >= 11 is 0. The van der Waals surface area contributed by atoms with Gasteiger partial charge in [0.25, 0.3) is 0 Å². The molecule has 0 amide bonds. The summed E-state index contributed by atoms with van der Waals surface area (Å²) in [5.41, 5.74) is 0. The van der Waals surface area contributed by atoms with Gasteiger partial charge in [-0.3, -0.25) is 0 Å². The smallest absolute Gasteiger partial charge is 1.00 e. The predicted octanol–water partition coefficient (Wildman–Crippen LogP) is -2.63. The zero-order valence-electron chi connectivity index (χ0n) is 3.41. The quantitative estimate of drug-likeness (QED) is 0.336. The molecular formula is H12AlMgNSi. The van der Waals surface area contributed by atoms with E-state index in [0.29, 0.717) is 0 Å². The van der Waals surface area contributed by atoms with Crippen LogP contribution in [0.4, 0.5) is 0 Å². The topological polar surface area (TPSA) is 35.0 Å². The van der Waals surface area contributed by atoms with Crippen LogP contribution < -0.4 is 6.15 Å². The maximum atomic E-state index is 0. The van der Waals surface area contributed by atoms with Crippen molar-refractivity contribution in [2.24, 2.45) is 0 Å². The van der Waals surface area contributed by atoms with Crippen molar-refractivity contribution in [2.75, 3.05) is 0 Å². The van der Waals surface area contributed by atoms with Gasteiger partial charge in [-0.15, -0.1) is 0 Å². The monoisotopic (exact) mass is 105 g/mol. The summed E-state index contributed by atoms with van der Waals surface area (Å²) in [6, 6.07) is 0. The molecule has 4 heteroatoms. The first-order valence-electron chi connectivity index (χ1n) is 0. The van der Waals surface area contributed by atoms with Crippen LogP contribution in [0.2, 0.25) is 0 Å². The first kappa shape index (κ1) is 50.4. The fourth-order valence-corrected chi connectivity index (χ4v) is 0. The molecule has 0 aromatic rings. The van der Waals surface area contributed by atoms with Gasteiger partial charge >= 0.3 is 23.1 Å². The minimum Gasteiger partial charge on any atom is -1.00 e. The molecule has 3 N–H and O–H groups in total. The molecule has 0 unspecified atom stereocenters. The fourth-order valence-electron chi connectivity index (χ4n) is 0. The van der Waals surface area contributed by atoms with Crippen molar-refractivity contribution < 1.29 is 2.85 Å². The maximum absolute atomic E-state index is 0. The van der Waals surface area contributed by atoms with E-state index in [9.17, 15) is 0 Å². The van der Waals surface area contributed by atoms with Crippen LogP contribution in [0.15, 0.2) is 0 Å². The second-order valence-corrected chi connectivity index (χ2v) is 0. The van der Waals surface area contributed by atoms with Crippen LogP contribution in [-0.4, -0.2) is 51.4 Å². The Kier molecular flexibility index (Phi) is 313. The van der Waals surface area contributed by atoms with Crippen molar-refractivity contribution in [2.45, 2.75) is 0 Å². The Morgan fingerprint density at radius 1 is 1.25 bits per heavy atom. The van der Waals surface area contributed by atoms with E-state index >= 15 is 0 Å². The van der Waals surface area contributed by atoms with E-state index in [1.165, 1.54) is 0 Å². The van der Waals surface area contributed by atoms with Crippen molar-refractivity contribution in [3.05, 3.63) is 0 Å². The summed E-state index contributed by atoms with van der Waals surface area (Å²) in [7, 11) is 0. The molecule has 0 fully saturated rings. The van der Waals surface area contributed by atoms with Gasteiger partial charge in [-0.2, -0.15) is 0 Å². The summed E-state index contributed by atoms with van der Waals surface area (Å²) in [4.78, 5) is 0. The van der Waals surface area contributed by atoms with Gasteiger partial charge in [0.2, 0.25) is 0 Å². The molecule has 0 spiro atoms. The summed E-state index contributed by atoms with van der Waals surface area (Å²) in [6.45, 7) is 0. The number of rotatable bonds is 0. The van der Waals surface area contributed by atoms with Crippen molar-refractivity contribution in [3.63, 3.8) is 0 Å². The Balaban J connectivity index is 0. The molecule has 0 saturated carbocycles. The van der Waals surface area contributed by atoms with Gasteiger partial charge in [0, 0.05) is 0 Å². The molecule has 0 aromatic heterocycles. The van der Waals surface area contributed by atoms with Crippen LogP contribution in [0.5, 0.6) is 0 Å². The second-order valence-electron chi connectivity index (χ2n) is 0. The van der Waals surface area contributed by atoms with E-state index < -0.39 is 0 Å². The molecule has 26 valence electrons. The van der Waals surface area contributed by atoms with E-state index in [-0.39, 0.29) is 60.4 Å². The Labute approximate surface area is 60.4 Å². The second kappa shape index (κ2) is 24.8. The third-order valence-electron chi connectivity index (χ3n) is 0. The molecule has 0 saturated heterocycles. The standard InChI is InChI=1S/Al.Mg.H3N.H4Si.5H/h;;1H3;1H4;;;;;/q;+2;;;;;;2*-1. The SMILES string of the molecule is N.[AlH3].[H-].[H-].[Mg+2].[SiH4]. The van der Waals surface area contributed by atoms with Crippen molar-refractivity contribution >= 4 is 51.4 Å². The van der Waals surface area contributed by atoms with E-state index in [2.05, 4.69) is 0 Å². The predicted molar refractivity (Wildman–Crippen MR) is 34.3 cm³/mol. The minimum atomic E-state index is 0. The molecule has 0 rings (SSSR count). The van der Waals surface area contributed by atoms with Crippen LogP contribution in [0.3, 0.4) is 0 Å². The molecule has 0 bridgehead atoms. The van der Waals surface area contributed by atoms with Gasteiger partial charge in [0.1, 0.15) is 0 Å². The Bertz CT molecular complexity index is 13.5. The molecule has 4 heavy (non-hydrogen) atoms. The van der Waals surface area contributed by atoms with Crippen LogP contribution in [0.25, 0.3) is 0 Å². The largest absolute Gasteiger partial charge is 2.00 e. The Morgan fingerprint density at radius 2 is 1.25 bits per heavy atom. The first-order valence-corrected chi connectivity index (χ1v) is 0. The summed E-state index contributed by atoms with van der Waals surface area (Å²) < 4.78 is 0. The average molecular weight is 105 g/mol. The Hall–Kier alpha value is 1.48. The summed E-state index contributed by atoms with van der Waals surface area (Å²) in [5.74, 6) is 0. The van der Waals surface area contributed by atoms with E-state index in [1.807, 2.05) is 0 Å². The van der Waals surface area contributed by atoms with Crippen molar-refractivity contribution in [1.29, 1.82) is 0 Å². The summed E-state index contributed by atoms with van der Waals surface area (Å²) in [6.07, 6.45) is 0. The molecule has 0 aliphatic carbocycles. The molecule has 0 radical (unpaired) electrons. The van der Waals surface area contributed by atoms with Gasteiger partial charge < -0.3 is 9.00 Å². The zero-order chi connectivity index (χ0) is 0. The maximum Gasteiger partial charge on any atom is 2.00 e. The van der Waals surface area contributed by atoms with Gasteiger partial charge in [0.05, 0.1) is 0 Å². The van der Waals surface area contributed by atoms with Crippen molar-refractivity contribution in [3.8, 4) is 0 Å². The van der Waals surface area contributed by atoms with Gasteiger partial charge in [-0.05, 0) is 11.0 Å². The average Bonchev–Trinajstić information content (AvgIpc) is 0. The van der Waals surface area contributed by atoms with Gasteiger partial charge in [-0.25, -0.2) is 0 Å². The van der Waals surface area contributed by atoms with Gasteiger partial charge in [-0.1, -0.05) is 0 Å². The normalized spacial score (nSPS) is 0. The number of hydrogen-bond donors (Lipinski definition) is 1. The van der Waals surface area contributed by atoms with Crippen LogP contribution >= 0.6 is 0 Å². The molecule has 0 aliphatic rings. The molecule has 1 nitrogen and oxygen atoms in total. The van der Waals surface area contributed by atoms with E-state index in [1.54, 1.807) is 0 Å². The third kappa shape index (κ3) is 9.78. The van der Waals surface area contributed by atoms with Crippen LogP contribution in [0, 0.1) is 0 Å². The number of hydrogen-bond acceptors (Lipinski definition) is 1. The molecule has 0 heterocycles. The molecule has 0 aromatic carbocycles. The van der Waals surface area contributed by atoms with Gasteiger partial charge in [0.15, 0.2) is 17.4 Å². The molecule has 0 aliphatic heterocycles. The van der Waals surface area contributed by atoms with Crippen molar-refractivity contribution in [1.82, 2.24) is 6.15 Å². The summed E-state index contributed by atoms with van der Waals surface area (Å²) in [5, 5.41) is 0. The van der Waals surface area contributed by atoms with E-state index in [0.717, 1.165) is 0 Å². The Morgan fingerprint density at radius 3 is 1.25 bits per heavy atom. The third-order valence-corrected chi connectivity index (χ3v) is 0. The minimum absolute atomic E-state index is 0. The first-order chi connectivity index (χ1) is 0. The van der Waals surface area contributed by atoms with Crippen LogP contribution in [-0.2, 0) is 0 Å². The molecule has 0 atom stereocenters. The zero-order valence-corrected chi connectivity index (χ0v) is 2.83. The van der Waals surface area contributed by atoms with E-state index in [4.69, 9.17) is 0 Å². The fraction of sp³-hybridized carbons (Fsp3) is 0.